The van der Waals surface area contributed by atoms with Gasteiger partial charge in [0.15, 0.2) is 0 Å². The summed E-state index contributed by atoms with van der Waals surface area (Å²) >= 11 is 0. The van der Waals surface area contributed by atoms with Gasteiger partial charge in [0.25, 0.3) is 0 Å². The topological polar surface area (TPSA) is 26.0 Å². The van der Waals surface area contributed by atoms with Crippen LogP contribution in [-0.2, 0) is 0 Å². The molecule has 1 aromatic carbocycles. The molecule has 2 N–H and O–H groups in total. The van der Waals surface area contributed by atoms with Gasteiger partial charge in [0.1, 0.15) is 0 Å². The van der Waals surface area contributed by atoms with E-state index >= 15 is 0 Å². The summed E-state index contributed by atoms with van der Waals surface area (Å²) in [5, 5.41) is 0. The SMILES string of the molecule is C/C(C1=C(N)C=CCC1)=C(\C(C)C)C(C)c1ccccc1C. The van der Waals surface area contributed by atoms with Gasteiger partial charge in [-0.1, -0.05) is 56.7 Å². The molecule has 0 fully saturated rings. The summed E-state index contributed by atoms with van der Waals surface area (Å²) in [6.07, 6.45) is 6.40. The minimum atomic E-state index is 0.424. The highest BCUT2D eigenvalue weighted by Crippen LogP contribution is 2.37. The largest absolute Gasteiger partial charge is 0.399 e. The summed E-state index contributed by atoms with van der Waals surface area (Å²) in [5.41, 5.74) is 14.2. The first kappa shape index (κ1) is 16.6. The molecule has 118 valence electrons. The highest BCUT2D eigenvalue weighted by Gasteiger charge is 2.21. The maximum atomic E-state index is 6.25. The normalized spacial score (nSPS) is 17.7. The van der Waals surface area contributed by atoms with Crippen molar-refractivity contribution in [2.24, 2.45) is 11.7 Å². The van der Waals surface area contributed by atoms with Gasteiger partial charge in [0.2, 0.25) is 0 Å². The molecule has 1 aliphatic rings. The lowest BCUT2D eigenvalue weighted by Crippen LogP contribution is -2.12. The molecule has 1 atom stereocenters. The van der Waals surface area contributed by atoms with Crippen LogP contribution in [0, 0.1) is 12.8 Å². The predicted octanol–water partition coefficient (Wildman–Crippen LogP) is 5.63. The summed E-state index contributed by atoms with van der Waals surface area (Å²) in [5.74, 6) is 0.938. The molecule has 0 aromatic heterocycles. The third kappa shape index (κ3) is 3.35. The molecule has 1 aromatic rings. The maximum Gasteiger partial charge on any atom is 0.0346 e. The number of aryl methyl sites for hydroxylation is 1. The van der Waals surface area contributed by atoms with Crippen LogP contribution in [0.2, 0.25) is 0 Å². The fourth-order valence-electron chi connectivity index (χ4n) is 3.76. The van der Waals surface area contributed by atoms with Crippen LogP contribution in [0.1, 0.15) is 57.6 Å². The summed E-state index contributed by atoms with van der Waals surface area (Å²) in [6.45, 7) is 11.4. The zero-order chi connectivity index (χ0) is 16.3. The Balaban J connectivity index is 2.52. The molecule has 0 spiro atoms. The van der Waals surface area contributed by atoms with E-state index in [0.717, 1.165) is 18.5 Å². The second-order valence-corrected chi connectivity index (χ2v) is 6.69. The van der Waals surface area contributed by atoms with Crippen molar-refractivity contribution >= 4 is 0 Å². The number of benzene rings is 1. The quantitative estimate of drug-likeness (QED) is 0.765. The molecule has 0 heterocycles. The van der Waals surface area contributed by atoms with Gasteiger partial charge in [-0.25, -0.2) is 0 Å². The lowest BCUT2D eigenvalue weighted by atomic mass is 9.79. The maximum absolute atomic E-state index is 6.25. The molecule has 1 heteroatoms. The second-order valence-electron chi connectivity index (χ2n) is 6.69. The Hall–Kier alpha value is -1.76. The Bertz CT molecular complexity index is 629. The predicted molar refractivity (Wildman–Crippen MR) is 96.7 cm³/mol. The zero-order valence-corrected chi connectivity index (χ0v) is 14.6. The van der Waals surface area contributed by atoms with Crippen LogP contribution < -0.4 is 5.73 Å². The Morgan fingerprint density at radius 3 is 2.41 bits per heavy atom. The Morgan fingerprint density at radius 2 is 1.82 bits per heavy atom. The van der Waals surface area contributed by atoms with Crippen LogP contribution in [0.4, 0.5) is 0 Å². The summed E-state index contributed by atoms with van der Waals surface area (Å²) in [4.78, 5) is 0. The van der Waals surface area contributed by atoms with Crippen LogP contribution in [-0.4, -0.2) is 0 Å². The first-order chi connectivity index (χ1) is 10.4. The molecule has 0 saturated heterocycles. The van der Waals surface area contributed by atoms with E-state index in [9.17, 15) is 0 Å². The van der Waals surface area contributed by atoms with E-state index in [2.05, 4.69) is 71.0 Å². The lowest BCUT2D eigenvalue weighted by molar-refractivity contribution is 0.666. The average molecular weight is 295 g/mol. The van der Waals surface area contributed by atoms with Gasteiger partial charge in [-0.3, -0.25) is 0 Å². The second kappa shape index (κ2) is 7.00. The third-order valence-corrected chi connectivity index (χ3v) is 4.84. The fraction of sp³-hybridized carbons (Fsp3) is 0.429. The van der Waals surface area contributed by atoms with Gasteiger partial charge in [0, 0.05) is 11.6 Å². The van der Waals surface area contributed by atoms with E-state index < -0.39 is 0 Å². The zero-order valence-electron chi connectivity index (χ0n) is 14.6. The van der Waals surface area contributed by atoms with Gasteiger partial charge in [-0.05, 0) is 61.0 Å². The Kier molecular flexibility index (Phi) is 5.28. The first-order valence-corrected chi connectivity index (χ1v) is 8.35. The van der Waals surface area contributed by atoms with Crippen molar-refractivity contribution in [3.05, 3.63) is 70.0 Å². The number of hydrogen-bond acceptors (Lipinski definition) is 1. The molecule has 22 heavy (non-hydrogen) atoms. The highest BCUT2D eigenvalue weighted by molar-refractivity contribution is 5.46. The minimum absolute atomic E-state index is 0.424. The highest BCUT2D eigenvalue weighted by atomic mass is 14.6. The van der Waals surface area contributed by atoms with Crippen molar-refractivity contribution in [2.45, 2.75) is 53.4 Å². The molecule has 0 aliphatic heterocycles. The number of rotatable bonds is 4. The van der Waals surface area contributed by atoms with E-state index in [1.165, 1.54) is 27.8 Å². The van der Waals surface area contributed by atoms with Gasteiger partial charge in [-0.15, -0.1) is 0 Å². The molecule has 0 amide bonds. The summed E-state index contributed by atoms with van der Waals surface area (Å²) < 4.78 is 0. The van der Waals surface area contributed by atoms with Gasteiger partial charge in [0.05, 0.1) is 0 Å². The molecule has 1 nitrogen and oxygen atoms in total. The van der Waals surface area contributed by atoms with Crippen LogP contribution in [0.3, 0.4) is 0 Å². The van der Waals surface area contributed by atoms with E-state index in [4.69, 9.17) is 5.73 Å². The van der Waals surface area contributed by atoms with Crippen LogP contribution in [0.5, 0.6) is 0 Å². The van der Waals surface area contributed by atoms with Gasteiger partial charge in [-0.2, -0.15) is 0 Å². The molecular formula is C21H29N. The van der Waals surface area contributed by atoms with Crippen molar-refractivity contribution in [1.29, 1.82) is 0 Å². The average Bonchev–Trinajstić information content (AvgIpc) is 2.47. The van der Waals surface area contributed by atoms with Crippen molar-refractivity contribution in [3.63, 3.8) is 0 Å². The fourth-order valence-corrected chi connectivity index (χ4v) is 3.76. The lowest BCUT2D eigenvalue weighted by Gasteiger charge is -2.27. The smallest absolute Gasteiger partial charge is 0.0346 e. The van der Waals surface area contributed by atoms with Crippen LogP contribution >= 0.6 is 0 Å². The van der Waals surface area contributed by atoms with E-state index in [1.54, 1.807) is 0 Å². The monoisotopic (exact) mass is 295 g/mol. The molecule has 1 aliphatic carbocycles. The van der Waals surface area contributed by atoms with Crippen molar-refractivity contribution in [3.8, 4) is 0 Å². The van der Waals surface area contributed by atoms with Crippen molar-refractivity contribution in [2.75, 3.05) is 0 Å². The third-order valence-electron chi connectivity index (χ3n) is 4.84. The number of hydrogen-bond donors (Lipinski definition) is 1. The Morgan fingerprint density at radius 1 is 1.14 bits per heavy atom. The molecular weight excluding hydrogens is 266 g/mol. The first-order valence-electron chi connectivity index (χ1n) is 8.35. The molecule has 0 bridgehead atoms. The molecule has 2 rings (SSSR count). The summed E-state index contributed by atoms with van der Waals surface area (Å²) in [7, 11) is 0. The van der Waals surface area contributed by atoms with E-state index in [1.807, 2.05) is 0 Å². The Labute approximate surface area is 135 Å². The van der Waals surface area contributed by atoms with Crippen molar-refractivity contribution in [1.82, 2.24) is 0 Å². The molecule has 0 radical (unpaired) electrons. The number of nitrogens with two attached hydrogens (primary N) is 1. The minimum Gasteiger partial charge on any atom is -0.399 e. The van der Waals surface area contributed by atoms with Gasteiger partial charge < -0.3 is 5.73 Å². The van der Waals surface area contributed by atoms with Gasteiger partial charge >= 0.3 is 0 Å². The molecule has 0 saturated carbocycles. The van der Waals surface area contributed by atoms with Crippen LogP contribution in [0.25, 0.3) is 0 Å². The molecule has 1 unspecified atom stereocenters. The van der Waals surface area contributed by atoms with Crippen molar-refractivity contribution < 1.29 is 0 Å². The van der Waals surface area contributed by atoms with E-state index in [0.29, 0.717) is 11.8 Å². The standard InChI is InChI=1S/C21H29N/c1-14(2)21(16(4)18-11-7-6-10-15(18)3)17(5)19-12-8-9-13-20(19)22/h6-7,9-11,13-14,16H,8,12,22H2,1-5H3/b21-17-. The van der Waals surface area contributed by atoms with E-state index in [-0.39, 0.29) is 0 Å². The number of allylic oxidation sites excluding steroid dienone is 5. The summed E-state index contributed by atoms with van der Waals surface area (Å²) in [6, 6.07) is 8.72. The van der Waals surface area contributed by atoms with Crippen LogP contribution in [0.15, 0.2) is 58.8 Å².